The molecule has 1 nitrogen and oxygen atoms in total. The van der Waals surface area contributed by atoms with Gasteiger partial charge >= 0.3 is 0 Å². The first kappa shape index (κ1) is 15.8. The fourth-order valence-corrected chi connectivity index (χ4v) is 5.21. The Morgan fingerprint density at radius 2 is 1.62 bits per heavy atom. The minimum absolute atomic E-state index is 0.0573. The van der Waals surface area contributed by atoms with Crippen molar-refractivity contribution < 1.29 is 4.57 Å². The molecule has 130 valence electrons. The van der Waals surface area contributed by atoms with Crippen LogP contribution in [0.5, 0.6) is 0 Å². The summed E-state index contributed by atoms with van der Waals surface area (Å²) in [6.45, 7) is 9.47. The summed E-state index contributed by atoms with van der Waals surface area (Å²) >= 11 is 0. The highest BCUT2D eigenvalue weighted by molar-refractivity contribution is 5.84. The molecule has 5 rings (SSSR count). The number of nitrogens with zero attached hydrogens (tertiary/aromatic N) is 1. The lowest BCUT2D eigenvalue weighted by Gasteiger charge is -2.22. The average Bonchev–Trinajstić information content (AvgIpc) is 2.81. The number of rotatable bonds is 0. The third kappa shape index (κ3) is 2.00. The molecular formula is C25H26N+. The molecule has 1 aliphatic carbocycles. The number of hydrogen-bond donors (Lipinski definition) is 0. The molecule has 0 saturated heterocycles. The van der Waals surface area contributed by atoms with Crippen molar-refractivity contribution in [2.24, 2.45) is 0 Å². The van der Waals surface area contributed by atoms with Crippen molar-refractivity contribution >= 4 is 0 Å². The van der Waals surface area contributed by atoms with E-state index in [0.29, 0.717) is 12.0 Å². The van der Waals surface area contributed by atoms with E-state index in [9.17, 15) is 0 Å². The van der Waals surface area contributed by atoms with Gasteiger partial charge in [-0.2, -0.15) is 4.57 Å². The molecule has 0 saturated carbocycles. The summed E-state index contributed by atoms with van der Waals surface area (Å²) in [7, 11) is 0. The highest BCUT2D eigenvalue weighted by Gasteiger charge is 2.38. The van der Waals surface area contributed by atoms with E-state index < -0.39 is 0 Å². The largest absolute Gasteiger partial charge is 0.212 e. The summed E-state index contributed by atoms with van der Waals surface area (Å²) in [5, 5.41) is 0. The molecule has 1 aliphatic heterocycles. The standard InChI is InChI=1S/C25H26N/c1-16-13-17(2)26-12-8-7-11-24(26)21-15-23-20(14-19(16)21)18-9-5-6-10-22(18)25(23,3)4/h5-12,14-17H,13H2,1-4H3/q+1. The van der Waals surface area contributed by atoms with Crippen LogP contribution >= 0.6 is 0 Å². The Hall–Kier alpha value is -2.41. The quantitative estimate of drug-likeness (QED) is 0.441. The van der Waals surface area contributed by atoms with Crippen LogP contribution in [0.15, 0.2) is 60.8 Å². The van der Waals surface area contributed by atoms with Gasteiger partial charge in [0.25, 0.3) is 0 Å². The molecule has 2 aromatic carbocycles. The van der Waals surface area contributed by atoms with Crippen LogP contribution in [0.4, 0.5) is 0 Å². The Bertz CT molecular complexity index is 1030. The maximum atomic E-state index is 2.50. The summed E-state index contributed by atoms with van der Waals surface area (Å²) < 4.78 is 2.46. The Kier molecular flexibility index (Phi) is 3.22. The highest BCUT2D eigenvalue weighted by atomic mass is 15.0. The summed E-state index contributed by atoms with van der Waals surface area (Å²) in [5.74, 6) is 0.557. The summed E-state index contributed by atoms with van der Waals surface area (Å²) in [5.41, 5.74) is 10.1. The van der Waals surface area contributed by atoms with Gasteiger partial charge in [0, 0.05) is 29.5 Å². The lowest BCUT2D eigenvalue weighted by Crippen LogP contribution is -2.39. The summed E-state index contributed by atoms with van der Waals surface area (Å²) in [6.07, 6.45) is 3.42. The predicted octanol–water partition coefficient (Wildman–Crippen LogP) is 6.02. The van der Waals surface area contributed by atoms with Crippen LogP contribution in [-0.4, -0.2) is 0 Å². The van der Waals surface area contributed by atoms with E-state index >= 15 is 0 Å². The number of aromatic nitrogens is 1. The molecule has 2 unspecified atom stereocenters. The van der Waals surface area contributed by atoms with Gasteiger partial charge in [0.05, 0.1) is 0 Å². The van der Waals surface area contributed by atoms with Gasteiger partial charge in [0.15, 0.2) is 12.2 Å². The molecule has 2 aliphatic rings. The van der Waals surface area contributed by atoms with Crippen LogP contribution in [0, 0.1) is 0 Å². The van der Waals surface area contributed by atoms with E-state index in [1.54, 1.807) is 0 Å². The van der Waals surface area contributed by atoms with Crippen molar-refractivity contribution in [3.8, 4) is 22.4 Å². The zero-order chi connectivity index (χ0) is 18.1. The van der Waals surface area contributed by atoms with Gasteiger partial charge in [-0.1, -0.05) is 45.0 Å². The van der Waals surface area contributed by atoms with Crippen LogP contribution in [0.3, 0.4) is 0 Å². The predicted molar refractivity (Wildman–Crippen MR) is 107 cm³/mol. The molecule has 0 radical (unpaired) electrons. The monoisotopic (exact) mass is 340 g/mol. The second-order valence-electron chi connectivity index (χ2n) is 8.63. The fraction of sp³-hybridized carbons (Fsp3) is 0.320. The maximum Gasteiger partial charge on any atom is 0.212 e. The van der Waals surface area contributed by atoms with E-state index in [4.69, 9.17) is 0 Å². The highest BCUT2D eigenvalue weighted by Crippen LogP contribution is 2.51. The molecule has 2 atom stereocenters. The molecule has 1 aromatic heterocycles. The van der Waals surface area contributed by atoms with E-state index in [2.05, 4.69) is 93.1 Å². The molecule has 0 fully saturated rings. The van der Waals surface area contributed by atoms with Crippen molar-refractivity contribution in [3.05, 3.63) is 77.5 Å². The number of benzene rings is 2. The second-order valence-corrected chi connectivity index (χ2v) is 8.63. The zero-order valence-electron chi connectivity index (χ0n) is 16.1. The lowest BCUT2D eigenvalue weighted by atomic mass is 9.80. The van der Waals surface area contributed by atoms with Gasteiger partial charge in [-0.25, -0.2) is 0 Å². The topological polar surface area (TPSA) is 3.88 Å². The first-order valence-electron chi connectivity index (χ1n) is 9.77. The molecule has 1 heteroatoms. The van der Waals surface area contributed by atoms with E-state index in [0.717, 1.165) is 0 Å². The van der Waals surface area contributed by atoms with Crippen molar-refractivity contribution in [3.63, 3.8) is 0 Å². The molecular weight excluding hydrogens is 314 g/mol. The molecule has 0 N–H and O–H groups in total. The van der Waals surface area contributed by atoms with Crippen LogP contribution < -0.4 is 4.57 Å². The molecule has 3 aromatic rings. The van der Waals surface area contributed by atoms with E-state index in [-0.39, 0.29) is 5.41 Å². The van der Waals surface area contributed by atoms with Crippen LogP contribution in [-0.2, 0) is 5.41 Å². The van der Waals surface area contributed by atoms with E-state index in [1.807, 2.05) is 0 Å². The molecule has 0 bridgehead atoms. The van der Waals surface area contributed by atoms with Crippen LogP contribution in [0.1, 0.15) is 62.8 Å². The van der Waals surface area contributed by atoms with Gasteiger partial charge in [-0.3, -0.25) is 0 Å². The molecule has 2 heterocycles. The van der Waals surface area contributed by atoms with Crippen molar-refractivity contribution in [1.82, 2.24) is 0 Å². The second kappa shape index (κ2) is 5.30. The summed E-state index contributed by atoms with van der Waals surface area (Å²) in [6, 6.07) is 21.1. The van der Waals surface area contributed by atoms with Crippen LogP contribution in [0.2, 0.25) is 0 Å². The SMILES string of the molecule is CC1CC(C)[n+]2ccccc2-c2cc3c(cc21)-c1ccccc1C3(C)C. The average molecular weight is 340 g/mol. The number of pyridine rings is 1. The smallest absolute Gasteiger partial charge is 0.196 e. The van der Waals surface area contributed by atoms with Crippen molar-refractivity contribution in [1.29, 1.82) is 0 Å². The van der Waals surface area contributed by atoms with Gasteiger partial charge < -0.3 is 0 Å². The van der Waals surface area contributed by atoms with E-state index in [1.165, 1.54) is 45.5 Å². The normalized spacial score (nSPS) is 22.0. The number of hydrogen-bond acceptors (Lipinski definition) is 0. The molecule has 26 heavy (non-hydrogen) atoms. The third-order valence-corrected chi connectivity index (χ3v) is 6.62. The van der Waals surface area contributed by atoms with Crippen molar-refractivity contribution in [2.45, 2.75) is 51.5 Å². The van der Waals surface area contributed by atoms with Gasteiger partial charge in [-0.05, 0) is 58.9 Å². The minimum Gasteiger partial charge on any atom is -0.196 e. The maximum absolute atomic E-state index is 2.50. The zero-order valence-corrected chi connectivity index (χ0v) is 16.1. The van der Waals surface area contributed by atoms with Gasteiger partial charge in [0.1, 0.15) is 0 Å². The Balaban J connectivity index is 1.84. The van der Waals surface area contributed by atoms with Gasteiger partial charge in [0.2, 0.25) is 5.69 Å². The minimum atomic E-state index is 0.0573. The Morgan fingerprint density at radius 3 is 2.46 bits per heavy atom. The first-order chi connectivity index (χ1) is 12.5. The van der Waals surface area contributed by atoms with Crippen molar-refractivity contribution in [2.75, 3.05) is 0 Å². The molecule has 0 amide bonds. The fourth-order valence-electron chi connectivity index (χ4n) is 5.21. The summed E-state index contributed by atoms with van der Waals surface area (Å²) in [4.78, 5) is 0. The Labute approximate surface area is 156 Å². The lowest BCUT2D eigenvalue weighted by molar-refractivity contribution is -0.709. The van der Waals surface area contributed by atoms with Gasteiger partial charge in [-0.15, -0.1) is 0 Å². The Morgan fingerprint density at radius 1 is 0.846 bits per heavy atom. The molecule has 0 spiro atoms. The third-order valence-electron chi connectivity index (χ3n) is 6.62. The first-order valence-corrected chi connectivity index (χ1v) is 9.77. The van der Waals surface area contributed by atoms with Crippen LogP contribution in [0.25, 0.3) is 22.4 Å². The number of fused-ring (bicyclic) bond motifs is 6.